The quantitative estimate of drug-likeness (QED) is 0.905. The fraction of sp³-hybridized carbons (Fsp3) is 0.800. The first kappa shape index (κ1) is 16.6. The number of nitrogens with zero attached hydrogens (tertiary/aromatic N) is 1. The number of methoxy groups -OCH3 is 1. The number of rotatable bonds is 4. The van der Waals surface area contributed by atoms with Crippen molar-refractivity contribution in [3.8, 4) is 0 Å². The second-order valence-electron chi connectivity index (χ2n) is 7.15. The molecule has 1 aromatic heterocycles. The van der Waals surface area contributed by atoms with Gasteiger partial charge in [-0.3, -0.25) is 0 Å². The third kappa shape index (κ3) is 4.86. The highest BCUT2D eigenvalue weighted by Gasteiger charge is 2.29. The average Bonchev–Trinajstić information content (AvgIpc) is 2.54. The van der Waals surface area contributed by atoms with Crippen LogP contribution in [0.4, 0.5) is 0 Å². The van der Waals surface area contributed by atoms with Gasteiger partial charge in [-0.2, -0.15) is 0 Å². The molecule has 1 N–H and O–H groups in total. The van der Waals surface area contributed by atoms with E-state index in [1.165, 1.54) is 4.88 Å². The van der Waals surface area contributed by atoms with Crippen molar-refractivity contribution in [1.29, 1.82) is 0 Å². The first-order valence-corrected chi connectivity index (χ1v) is 7.60. The Morgan fingerprint density at radius 1 is 1.21 bits per heavy atom. The molecule has 0 saturated heterocycles. The van der Waals surface area contributed by atoms with Gasteiger partial charge in [0.05, 0.1) is 5.69 Å². The number of hydrogen-bond donors (Lipinski definition) is 1. The van der Waals surface area contributed by atoms with Gasteiger partial charge in [0.15, 0.2) is 0 Å². The smallest absolute Gasteiger partial charge is 0.123 e. The van der Waals surface area contributed by atoms with Crippen LogP contribution in [0.25, 0.3) is 0 Å². The molecule has 1 rings (SSSR count). The molecule has 1 atom stereocenters. The standard InChI is InChI=1S/C15H28N2OS/c1-10-11(9-16-15(5,6)7)19-13(17-10)12(18-8)14(2,3)4/h12,16H,9H2,1-8H3. The molecule has 110 valence electrons. The van der Waals surface area contributed by atoms with E-state index >= 15 is 0 Å². The van der Waals surface area contributed by atoms with Crippen LogP contribution in [0.3, 0.4) is 0 Å². The van der Waals surface area contributed by atoms with E-state index in [2.05, 4.69) is 53.8 Å². The number of hydrogen-bond acceptors (Lipinski definition) is 4. The molecule has 0 radical (unpaired) electrons. The first-order valence-electron chi connectivity index (χ1n) is 6.78. The minimum Gasteiger partial charge on any atom is -0.374 e. The zero-order chi connectivity index (χ0) is 14.8. The normalized spacial score (nSPS) is 14.7. The summed E-state index contributed by atoms with van der Waals surface area (Å²) >= 11 is 1.76. The molecule has 0 aliphatic carbocycles. The maximum Gasteiger partial charge on any atom is 0.123 e. The highest BCUT2D eigenvalue weighted by atomic mass is 32.1. The topological polar surface area (TPSA) is 34.1 Å². The zero-order valence-electron chi connectivity index (χ0n) is 13.5. The van der Waals surface area contributed by atoms with Crippen molar-refractivity contribution in [3.05, 3.63) is 15.6 Å². The van der Waals surface area contributed by atoms with Crippen LogP contribution in [0.1, 0.15) is 63.2 Å². The lowest BCUT2D eigenvalue weighted by molar-refractivity contribution is 0.0150. The molecule has 0 bridgehead atoms. The van der Waals surface area contributed by atoms with E-state index < -0.39 is 0 Å². The predicted molar refractivity (Wildman–Crippen MR) is 82.6 cm³/mol. The highest BCUT2D eigenvalue weighted by molar-refractivity contribution is 7.11. The Hall–Kier alpha value is -0.450. The fourth-order valence-corrected chi connectivity index (χ4v) is 3.23. The summed E-state index contributed by atoms with van der Waals surface area (Å²) in [5, 5.41) is 4.60. The van der Waals surface area contributed by atoms with Crippen LogP contribution < -0.4 is 5.32 Å². The summed E-state index contributed by atoms with van der Waals surface area (Å²) in [5.74, 6) is 0. The molecule has 0 spiro atoms. The Morgan fingerprint density at radius 2 is 1.79 bits per heavy atom. The summed E-state index contributed by atoms with van der Waals surface area (Å²) in [6.07, 6.45) is 0.0552. The van der Waals surface area contributed by atoms with E-state index in [9.17, 15) is 0 Å². The van der Waals surface area contributed by atoms with Crippen LogP contribution in [0.15, 0.2) is 0 Å². The fourth-order valence-electron chi connectivity index (χ4n) is 1.90. The summed E-state index contributed by atoms with van der Waals surface area (Å²) in [5.41, 5.74) is 1.30. The van der Waals surface area contributed by atoms with Crippen LogP contribution in [0.2, 0.25) is 0 Å². The van der Waals surface area contributed by atoms with Gasteiger partial charge in [-0.15, -0.1) is 11.3 Å². The second kappa shape index (κ2) is 5.90. The molecule has 0 amide bonds. The molecular formula is C15H28N2OS. The van der Waals surface area contributed by atoms with Crippen LogP contribution in [-0.4, -0.2) is 17.6 Å². The van der Waals surface area contributed by atoms with Gasteiger partial charge in [0, 0.05) is 24.1 Å². The van der Waals surface area contributed by atoms with Crippen LogP contribution in [0, 0.1) is 12.3 Å². The number of aromatic nitrogens is 1. The van der Waals surface area contributed by atoms with Crippen LogP contribution in [-0.2, 0) is 11.3 Å². The monoisotopic (exact) mass is 284 g/mol. The molecule has 0 aliphatic heterocycles. The summed E-state index contributed by atoms with van der Waals surface area (Å²) in [4.78, 5) is 6.00. The molecule has 1 unspecified atom stereocenters. The van der Waals surface area contributed by atoms with Crippen LogP contribution in [0.5, 0.6) is 0 Å². The Balaban J connectivity index is 2.89. The SMILES string of the molecule is COC(c1nc(C)c(CNC(C)(C)C)s1)C(C)(C)C. The highest BCUT2D eigenvalue weighted by Crippen LogP contribution is 2.38. The number of thiazole rings is 1. The lowest BCUT2D eigenvalue weighted by Crippen LogP contribution is -2.34. The van der Waals surface area contributed by atoms with Gasteiger partial charge < -0.3 is 10.1 Å². The Kier molecular flexibility index (Phi) is 5.15. The Labute approximate surface area is 121 Å². The third-order valence-corrected chi connectivity index (χ3v) is 4.14. The van der Waals surface area contributed by atoms with Crippen molar-refractivity contribution >= 4 is 11.3 Å². The molecule has 1 aromatic rings. The molecule has 1 heterocycles. The molecule has 19 heavy (non-hydrogen) atoms. The number of nitrogens with one attached hydrogen (secondary N) is 1. The molecule has 0 fully saturated rings. The van der Waals surface area contributed by atoms with Crippen LogP contribution >= 0.6 is 11.3 Å². The molecule has 3 nitrogen and oxygen atoms in total. The van der Waals surface area contributed by atoms with Gasteiger partial charge in [-0.25, -0.2) is 4.98 Å². The van der Waals surface area contributed by atoms with Crippen molar-refractivity contribution in [2.45, 2.75) is 66.7 Å². The first-order chi connectivity index (χ1) is 8.54. The molecule has 0 saturated carbocycles. The van der Waals surface area contributed by atoms with Crippen molar-refractivity contribution in [3.63, 3.8) is 0 Å². The number of aryl methyl sites for hydroxylation is 1. The largest absolute Gasteiger partial charge is 0.374 e. The van der Waals surface area contributed by atoms with Gasteiger partial charge in [0.2, 0.25) is 0 Å². The van der Waals surface area contributed by atoms with Gasteiger partial charge >= 0.3 is 0 Å². The summed E-state index contributed by atoms with van der Waals surface area (Å²) in [7, 11) is 1.76. The summed E-state index contributed by atoms with van der Waals surface area (Å²) in [6.45, 7) is 16.0. The van der Waals surface area contributed by atoms with Crippen molar-refractivity contribution < 1.29 is 4.74 Å². The average molecular weight is 284 g/mol. The zero-order valence-corrected chi connectivity index (χ0v) is 14.4. The lowest BCUT2D eigenvalue weighted by Gasteiger charge is -2.27. The Bertz CT molecular complexity index is 413. The van der Waals surface area contributed by atoms with Crippen molar-refractivity contribution in [1.82, 2.24) is 10.3 Å². The number of ether oxygens (including phenoxy) is 1. The van der Waals surface area contributed by atoms with Gasteiger partial charge in [0.25, 0.3) is 0 Å². The minimum absolute atomic E-state index is 0.0552. The van der Waals surface area contributed by atoms with Gasteiger partial charge in [-0.1, -0.05) is 20.8 Å². The van der Waals surface area contributed by atoms with E-state index in [0.29, 0.717) is 0 Å². The van der Waals surface area contributed by atoms with E-state index in [1.54, 1.807) is 18.4 Å². The van der Waals surface area contributed by atoms with Crippen molar-refractivity contribution in [2.24, 2.45) is 5.41 Å². The minimum atomic E-state index is 0.0552. The summed E-state index contributed by atoms with van der Waals surface area (Å²) in [6, 6.07) is 0. The van der Waals surface area contributed by atoms with E-state index in [4.69, 9.17) is 9.72 Å². The molecule has 0 aromatic carbocycles. The van der Waals surface area contributed by atoms with Crippen molar-refractivity contribution in [2.75, 3.05) is 7.11 Å². The van der Waals surface area contributed by atoms with E-state index in [0.717, 1.165) is 17.2 Å². The van der Waals surface area contributed by atoms with E-state index in [-0.39, 0.29) is 17.1 Å². The van der Waals surface area contributed by atoms with Gasteiger partial charge in [0.1, 0.15) is 11.1 Å². The van der Waals surface area contributed by atoms with Gasteiger partial charge in [-0.05, 0) is 33.1 Å². The predicted octanol–water partition coefficient (Wildman–Crippen LogP) is 4.07. The third-order valence-electron chi connectivity index (χ3n) is 2.94. The maximum atomic E-state index is 5.64. The molecule has 4 heteroatoms. The molecular weight excluding hydrogens is 256 g/mol. The maximum absolute atomic E-state index is 5.64. The van der Waals surface area contributed by atoms with E-state index in [1.807, 2.05) is 0 Å². The Morgan fingerprint density at radius 3 is 2.21 bits per heavy atom. The second-order valence-corrected chi connectivity index (χ2v) is 8.26. The molecule has 0 aliphatic rings. The summed E-state index contributed by atoms with van der Waals surface area (Å²) < 4.78 is 5.64. The lowest BCUT2D eigenvalue weighted by atomic mass is 9.89.